The van der Waals surface area contributed by atoms with E-state index in [1.54, 1.807) is 31.2 Å². The summed E-state index contributed by atoms with van der Waals surface area (Å²) in [6.07, 6.45) is 1.31. The second-order valence-corrected chi connectivity index (χ2v) is 8.87. The van der Waals surface area contributed by atoms with E-state index in [1.165, 1.54) is 0 Å². The van der Waals surface area contributed by atoms with E-state index < -0.39 is 46.3 Å². The third-order valence-electron chi connectivity index (χ3n) is 4.26. The lowest BCUT2D eigenvalue weighted by Gasteiger charge is -2.25. The number of aliphatic carboxylic acids is 1. The highest BCUT2D eigenvalue weighted by Crippen LogP contribution is 2.10. The predicted molar refractivity (Wildman–Crippen MR) is 111 cm³/mol. The third kappa shape index (κ3) is 10.1. The summed E-state index contributed by atoms with van der Waals surface area (Å²) >= 11 is 0. The van der Waals surface area contributed by atoms with Crippen LogP contribution in [0.25, 0.3) is 0 Å². The number of carboxylic acid groups (broad SMARTS) is 1. The van der Waals surface area contributed by atoms with E-state index >= 15 is 0 Å². The van der Waals surface area contributed by atoms with Gasteiger partial charge in [-0.05, 0) is 11.5 Å². The van der Waals surface area contributed by atoms with Crippen molar-refractivity contribution in [2.45, 2.75) is 45.4 Å². The first-order valence-corrected chi connectivity index (χ1v) is 11.3. The molecule has 0 aromatic heterocycles. The van der Waals surface area contributed by atoms with Crippen molar-refractivity contribution in [1.29, 1.82) is 0 Å². The van der Waals surface area contributed by atoms with Crippen LogP contribution in [0.2, 0.25) is 0 Å². The predicted octanol–water partition coefficient (Wildman–Crippen LogP) is 1.85. The average Bonchev–Trinajstić information content (AvgIpc) is 2.67. The molecule has 9 nitrogen and oxygen atoms in total. The lowest BCUT2D eigenvalue weighted by atomic mass is 9.98. The van der Waals surface area contributed by atoms with Gasteiger partial charge in [0.2, 0.25) is 5.91 Å². The highest BCUT2D eigenvalue weighted by Gasteiger charge is 2.28. The number of nitrogens with one attached hydrogen (secondary N) is 2. The number of sulfone groups is 1. The zero-order valence-electron chi connectivity index (χ0n) is 17.2. The summed E-state index contributed by atoms with van der Waals surface area (Å²) in [5.41, 5.74) is 0.782. The normalized spacial score (nSPS) is 14.5. The maximum atomic E-state index is 12.7. The van der Waals surface area contributed by atoms with Gasteiger partial charge in [-0.3, -0.25) is 9.59 Å². The first-order chi connectivity index (χ1) is 14.0. The van der Waals surface area contributed by atoms with Crippen LogP contribution in [-0.2, 0) is 30.8 Å². The Kier molecular flexibility index (Phi) is 10.0. The van der Waals surface area contributed by atoms with Crippen LogP contribution in [0.15, 0.2) is 41.8 Å². The van der Waals surface area contributed by atoms with E-state index in [1.807, 2.05) is 13.0 Å². The minimum Gasteiger partial charge on any atom is -0.481 e. The van der Waals surface area contributed by atoms with E-state index in [0.29, 0.717) is 6.42 Å². The fourth-order valence-electron chi connectivity index (χ4n) is 2.46. The lowest BCUT2D eigenvalue weighted by molar-refractivity contribution is -0.137. The van der Waals surface area contributed by atoms with E-state index in [4.69, 9.17) is 9.84 Å². The Morgan fingerprint density at radius 2 is 1.80 bits per heavy atom. The summed E-state index contributed by atoms with van der Waals surface area (Å²) in [4.78, 5) is 35.9. The van der Waals surface area contributed by atoms with E-state index in [9.17, 15) is 22.8 Å². The van der Waals surface area contributed by atoms with Crippen molar-refractivity contribution in [2.75, 3.05) is 6.26 Å². The standard InChI is InChI=1S/C20H28N2O7S/c1-4-14(2)18(22-20(26)29-13-15-8-6-5-7-9-15)19(25)21-16(12-17(23)24)10-11-30(3,27)28/h5-11,14,16,18H,4,12-13H2,1-3H3,(H,21,25)(H,22,26)(H,23,24)/b11-10+/t14-,16+,18-/m0/s1. The molecular formula is C20H28N2O7S. The first-order valence-electron chi connectivity index (χ1n) is 9.39. The Bertz CT molecular complexity index is 853. The van der Waals surface area contributed by atoms with Crippen LogP contribution in [0.3, 0.4) is 0 Å². The average molecular weight is 441 g/mol. The number of benzene rings is 1. The molecule has 0 radical (unpaired) electrons. The van der Waals surface area contributed by atoms with Gasteiger partial charge in [0.05, 0.1) is 12.5 Å². The molecule has 166 valence electrons. The largest absolute Gasteiger partial charge is 0.481 e. The van der Waals surface area contributed by atoms with Gasteiger partial charge in [-0.1, -0.05) is 56.7 Å². The summed E-state index contributed by atoms with van der Waals surface area (Å²) in [5, 5.41) is 14.8. The zero-order valence-corrected chi connectivity index (χ0v) is 18.0. The Morgan fingerprint density at radius 3 is 2.33 bits per heavy atom. The van der Waals surface area contributed by atoms with Gasteiger partial charge >= 0.3 is 12.1 Å². The number of hydrogen-bond acceptors (Lipinski definition) is 6. The summed E-state index contributed by atoms with van der Waals surface area (Å²) in [5.74, 6) is -2.13. The second kappa shape index (κ2) is 12.0. The van der Waals surface area contributed by atoms with Gasteiger partial charge in [0.1, 0.15) is 12.6 Å². The zero-order chi connectivity index (χ0) is 22.7. The molecule has 1 aromatic rings. The molecule has 1 rings (SSSR count). The van der Waals surface area contributed by atoms with Crippen molar-refractivity contribution in [3.63, 3.8) is 0 Å². The molecule has 10 heteroatoms. The number of carbonyl (C=O) groups excluding carboxylic acids is 2. The summed E-state index contributed by atoms with van der Waals surface area (Å²) in [6.45, 7) is 3.61. The third-order valence-corrected chi connectivity index (χ3v) is 4.91. The van der Waals surface area contributed by atoms with Crippen molar-refractivity contribution in [1.82, 2.24) is 10.6 Å². The molecule has 0 bridgehead atoms. The Balaban J connectivity index is 2.83. The topological polar surface area (TPSA) is 139 Å². The van der Waals surface area contributed by atoms with E-state index in [0.717, 1.165) is 23.3 Å². The monoisotopic (exact) mass is 440 g/mol. The fraction of sp³-hybridized carbons (Fsp3) is 0.450. The molecule has 0 heterocycles. The smallest absolute Gasteiger partial charge is 0.408 e. The molecule has 0 aliphatic carbocycles. The second-order valence-electron chi connectivity index (χ2n) is 6.94. The van der Waals surface area contributed by atoms with Crippen LogP contribution in [0.1, 0.15) is 32.3 Å². The summed E-state index contributed by atoms with van der Waals surface area (Å²) < 4.78 is 27.8. The molecule has 0 aliphatic heterocycles. The van der Waals surface area contributed by atoms with Crippen LogP contribution in [0, 0.1) is 5.92 Å². The number of carboxylic acids is 1. The molecule has 30 heavy (non-hydrogen) atoms. The number of carbonyl (C=O) groups is 3. The number of ether oxygens (including phenoxy) is 1. The fourth-order valence-corrected chi connectivity index (χ4v) is 2.93. The highest BCUT2D eigenvalue weighted by atomic mass is 32.2. The SMILES string of the molecule is CC[C@H](C)[C@H](NC(=O)OCc1ccccc1)C(=O)N[C@H](/C=C/S(C)(=O)=O)CC(=O)O. The van der Waals surface area contributed by atoms with E-state index in [-0.39, 0.29) is 12.5 Å². The lowest BCUT2D eigenvalue weighted by Crippen LogP contribution is -2.52. The van der Waals surface area contributed by atoms with Crippen molar-refractivity contribution in [3.8, 4) is 0 Å². The van der Waals surface area contributed by atoms with Crippen LogP contribution in [-0.4, -0.2) is 49.8 Å². The summed E-state index contributed by atoms with van der Waals surface area (Å²) in [6, 6.07) is 6.98. The molecule has 0 aliphatic rings. The van der Waals surface area contributed by atoms with Crippen LogP contribution in [0.5, 0.6) is 0 Å². The van der Waals surface area contributed by atoms with Gasteiger partial charge in [-0.2, -0.15) is 0 Å². The van der Waals surface area contributed by atoms with Gasteiger partial charge < -0.3 is 20.5 Å². The van der Waals surface area contributed by atoms with Crippen LogP contribution >= 0.6 is 0 Å². The molecule has 0 saturated heterocycles. The quantitative estimate of drug-likeness (QED) is 0.477. The minimum absolute atomic E-state index is 0.0280. The molecule has 3 atom stereocenters. The Hall–Kier alpha value is -2.88. The Labute approximate surface area is 176 Å². The highest BCUT2D eigenvalue weighted by molar-refractivity contribution is 7.93. The minimum atomic E-state index is -3.50. The number of rotatable bonds is 11. The molecule has 0 spiro atoms. The molecule has 0 fully saturated rings. The maximum Gasteiger partial charge on any atom is 0.408 e. The van der Waals surface area contributed by atoms with Crippen molar-refractivity contribution >= 4 is 27.8 Å². The van der Waals surface area contributed by atoms with Gasteiger partial charge in [-0.15, -0.1) is 0 Å². The molecule has 0 saturated carbocycles. The van der Waals surface area contributed by atoms with Crippen LogP contribution in [0.4, 0.5) is 4.79 Å². The number of amides is 2. The first kappa shape index (κ1) is 25.2. The van der Waals surface area contributed by atoms with Gasteiger partial charge in [0, 0.05) is 11.7 Å². The maximum absolute atomic E-state index is 12.7. The van der Waals surface area contributed by atoms with Crippen molar-refractivity contribution < 1.29 is 32.6 Å². The molecule has 3 N–H and O–H groups in total. The molecular weight excluding hydrogens is 412 g/mol. The van der Waals surface area contributed by atoms with Crippen molar-refractivity contribution in [3.05, 3.63) is 47.4 Å². The van der Waals surface area contributed by atoms with Gasteiger partial charge in [-0.25, -0.2) is 13.2 Å². The Morgan fingerprint density at radius 1 is 1.17 bits per heavy atom. The summed E-state index contributed by atoms with van der Waals surface area (Å²) in [7, 11) is -3.50. The number of alkyl carbamates (subject to hydrolysis) is 1. The molecule has 2 amide bonds. The van der Waals surface area contributed by atoms with Gasteiger partial charge in [0.15, 0.2) is 9.84 Å². The van der Waals surface area contributed by atoms with Gasteiger partial charge in [0.25, 0.3) is 0 Å². The molecule has 1 aromatic carbocycles. The van der Waals surface area contributed by atoms with Crippen molar-refractivity contribution in [2.24, 2.45) is 5.92 Å². The van der Waals surface area contributed by atoms with E-state index in [2.05, 4.69) is 10.6 Å². The molecule has 0 unspecified atom stereocenters. The number of hydrogen-bond donors (Lipinski definition) is 3. The van der Waals surface area contributed by atoms with Crippen LogP contribution < -0.4 is 10.6 Å².